The Labute approximate surface area is 322 Å². The third kappa shape index (κ3) is 7.88. The fourth-order valence-corrected chi connectivity index (χ4v) is 11.6. The topological polar surface area (TPSA) is 86.3 Å². The van der Waals surface area contributed by atoms with E-state index in [1.807, 2.05) is 12.1 Å². The maximum Gasteiger partial charge on any atom is 0.315 e. The molecule has 3 N–H and O–H groups in total. The average molecular weight is 733 g/mol. The van der Waals surface area contributed by atoms with Gasteiger partial charge in [-0.15, -0.1) is 0 Å². The minimum absolute atomic E-state index is 0.00680. The highest BCUT2D eigenvalue weighted by Gasteiger charge is 2.51. The van der Waals surface area contributed by atoms with Crippen molar-refractivity contribution in [3.8, 4) is 11.1 Å². The summed E-state index contributed by atoms with van der Waals surface area (Å²) in [7, 11) is 0. The van der Waals surface area contributed by atoms with Crippen molar-refractivity contribution in [3.05, 3.63) is 95.1 Å². The molecule has 0 radical (unpaired) electrons. The number of aliphatic hydroxyl groups is 1. The Morgan fingerprint density at radius 1 is 0.796 bits per heavy atom. The zero-order valence-electron chi connectivity index (χ0n) is 32.1. The summed E-state index contributed by atoms with van der Waals surface area (Å²) < 4.78 is 13.9. The maximum absolute atomic E-state index is 13.2. The number of amides is 2. The Kier molecular flexibility index (Phi) is 10.6. The highest BCUT2D eigenvalue weighted by Crippen LogP contribution is 2.55. The third-order valence-corrected chi connectivity index (χ3v) is 14.0. The molecule has 2 amide bonds. The van der Waals surface area contributed by atoms with Crippen LogP contribution in [0.5, 0.6) is 0 Å². The van der Waals surface area contributed by atoms with Crippen LogP contribution >= 0.6 is 0 Å². The van der Waals surface area contributed by atoms with Crippen LogP contribution in [0.15, 0.2) is 72.8 Å². The number of urea groups is 1. The number of hydrogen-bond donors (Lipinski definition) is 3. The monoisotopic (exact) mass is 732 g/mol. The Hall–Kier alpha value is -3.27. The number of nitrogens with zero attached hydrogens (tertiary/aromatic N) is 2. The van der Waals surface area contributed by atoms with Gasteiger partial charge in [0, 0.05) is 42.7 Å². The number of carbonyl (C=O) groups is 1. The zero-order valence-corrected chi connectivity index (χ0v) is 32.1. The van der Waals surface area contributed by atoms with Crippen LogP contribution in [0.4, 0.5) is 4.79 Å². The third-order valence-electron chi connectivity index (χ3n) is 14.0. The second-order valence-corrected chi connectivity index (χ2v) is 18.0. The summed E-state index contributed by atoms with van der Waals surface area (Å²) in [5, 5.41) is 16.4. The van der Waals surface area contributed by atoms with Gasteiger partial charge in [0.2, 0.25) is 0 Å². The van der Waals surface area contributed by atoms with Crippen molar-refractivity contribution in [1.29, 1.82) is 0 Å². The van der Waals surface area contributed by atoms with Crippen LogP contribution in [0.25, 0.3) is 11.1 Å². The average Bonchev–Trinajstić information content (AvgIpc) is 3.87. The smallest absolute Gasteiger partial charge is 0.315 e. The van der Waals surface area contributed by atoms with Gasteiger partial charge in [-0.2, -0.15) is 0 Å². The summed E-state index contributed by atoms with van der Waals surface area (Å²) in [5.41, 5.74) is 6.33. The van der Waals surface area contributed by atoms with E-state index in [-0.39, 0.29) is 36.3 Å². The predicted molar refractivity (Wildman–Crippen MR) is 211 cm³/mol. The van der Waals surface area contributed by atoms with Crippen molar-refractivity contribution >= 4 is 6.03 Å². The molecule has 288 valence electrons. The van der Waals surface area contributed by atoms with E-state index < -0.39 is 6.29 Å². The molecule has 8 heteroatoms. The van der Waals surface area contributed by atoms with Crippen molar-refractivity contribution in [1.82, 2.24) is 20.4 Å². The first-order valence-corrected chi connectivity index (χ1v) is 21.1. The van der Waals surface area contributed by atoms with Gasteiger partial charge < -0.3 is 30.1 Å². The molecule has 3 heterocycles. The van der Waals surface area contributed by atoms with Crippen LogP contribution in [-0.4, -0.2) is 71.3 Å². The summed E-state index contributed by atoms with van der Waals surface area (Å²) in [6, 6.07) is 25.9. The van der Waals surface area contributed by atoms with Crippen LogP contribution in [-0.2, 0) is 22.6 Å². The van der Waals surface area contributed by atoms with Crippen molar-refractivity contribution < 1.29 is 19.4 Å². The quantitative estimate of drug-likeness (QED) is 0.186. The molecule has 5 atom stereocenters. The second-order valence-electron chi connectivity index (χ2n) is 18.0. The molecule has 3 aromatic rings. The molecule has 7 fully saturated rings. The Bertz CT molecular complexity index is 1720. The van der Waals surface area contributed by atoms with Gasteiger partial charge in [0.15, 0.2) is 6.29 Å². The lowest BCUT2D eigenvalue weighted by Crippen LogP contribution is -2.61. The molecular formula is C46H60N4O4. The van der Waals surface area contributed by atoms with Crippen molar-refractivity contribution in [2.24, 2.45) is 23.7 Å². The van der Waals surface area contributed by atoms with Gasteiger partial charge >= 0.3 is 6.03 Å². The lowest BCUT2D eigenvalue weighted by atomic mass is 9.53. The summed E-state index contributed by atoms with van der Waals surface area (Å²) in [4.78, 5) is 18.6. The number of benzene rings is 3. The molecule has 10 rings (SSSR count). The number of ether oxygens (including phenoxy) is 2. The molecule has 3 aliphatic heterocycles. The highest BCUT2D eigenvalue weighted by molar-refractivity contribution is 5.75. The molecule has 4 bridgehead atoms. The van der Waals surface area contributed by atoms with Crippen LogP contribution in [0.1, 0.15) is 106 Å². The summed E-state index contributed by atoms with van der Waals surface area (Å²) in [5.74, 6) is 2.55. The van der Waals surface area contributed by atoms with Crippen molar-refractivity contribution in [3.63, 3.8) is 0 Å². The first-order chi connectivity index (χ1) is 26.4. The minimum atomic E-state index is -0.508. The number of hydrogen-bond acceptors (Lipinski definition) is 6. The lowest BCUT2D eigenvalue weighted by Gasteiger charge is -2.56. The lowest BCUT2D eigenvalue weighted by molar-refractivity contribution is -0.276. The molecule has 0 spiro atoms. The van der Waals surface area contributed by atoms with E-state index in [0.29, 0.717) is 12.6 Å². The standard InChI is InChI=1S/C46H60N4O4/c1-31-42(29-50-18-6-11-41(50)28-49-16-2-3-17-49)53-44(54-43(31)37-14-12-32(30-51)13-15-37)40-10-5-9-39(23-40)38-8-4-7-33(22-38)27-47-45(52)48-46-24-34-19-35(25-46)21-36(20-34)26-46/h4-5,7-10,12-15,22-23,31,34-36,41-44,51H,2-3,6,11,16-21,24-30H2,1H3,(H2,47,48,52). The van der Waals surface area contributed by atoms with Crippen molar-refractivity contribution in [2.45, 2.75) is 114 Å². The maximum atomic E-state index is 13.2. The van der Waals surface area contributed by atoms with Gasteiger partial charge in [0.1, 0.15) is 0 Å². The molecule has 5 unspecified atom stereocenters. The van der Waals surface area contributed by atoms with E-state index in [2.05, 4.69) is 88.0 Å². The van der Waals surface area contributed by atoms with Gasteiger partial charge in [-0.25, -0.2) is 4.79 Å². The van der Waals surface area contributed by atoms with Gasteiger partial charge in [-0.05, 0) is 142 Å². The normalized spacial score (nSPS) is 33.7. The summed E-state index contributed by atoms with van der Waals surface area (Å²) in [6.45, 7) is 8.44. The number of aliphatic hydroxyl groups excluding tert-OH is 1. The Morgan fingerprint density at radius 2 is 1.50 bits per heavy atom. The Morgan fingerprint density at radius 3 is 2.22 bits per heavy atom. The van der Waals surface area contributed by atoms with Gasteiger partial charge in [0.25, 0.3) is 0 Å². The summed E-state index contributed by atoms with van der Waals surface area (Å²) >= 11 is 0. The molecule has 54 heavy (non-hydrogen) atoms. The molecule has 7 aliphatic rings. The molecule has 8 nitrogen and oxygen atoms in total. The summed E-state index contributed by atoms with van der Waals surface area (Å²) in [6.07, 6.45) is 12.1. The fraction of sp³-hybridized carbons (Fsp3) is 0.587. The molecule has 4 saturated carbocycles. The molecule has 3 saturated heterocycles. The zero-order chi connectivity index (χ0) is 36.6. The first kappa shape index (κ1) is 36.4. The van der Waals surface area contributed by atoms with Gasteiger partial charge in [-0.1, -0.05) is 67.6 Å². The highest BCUT2D eigenvalue weighted by atomic mass is 16.7. The first-order valence-electron chi connectivity index (χ1n) is 21.1. The Balaban J connectivity index is 0.898. The van der Waals surface area contributed by atoms with Crippen molar-refractivity contribution in [2.75, 3.05) is 32.7 Å². The van der Waals surface area contributed by atoms with E-state index in [1.165, 1.54) is 58.0 Å². The van der Waals surface area contributed by atoms with E-state index in [0.717, 1.165) is 90.0 Å². The van der Waals surface area contributed by atoms with Crippen LogP contribution in [0, 0.1) is 23.7 Å². The van der Waals surface area contributed by atoms with E-state index in [1.54, 1.807) is 0 Å². The van der Waals surface area contributed by atoms with Crippen LogP contribution in [0.2, 0.25) is 0 Å². The molecule has 4 aliphatic carbocycles. The van der Waals surface area contributed by atoms with Gasteiger partial charge in [-0.3, -0.25) is 4.90 Å². The van der Waals surface area contributed by atoms with E-state index in [4.69, 9.17) is 9.47 Å². The SMILES string of the molecule is CC1C(CN2CCCC2CN2CCCC2)OC(c2cccc(-c3cccc(CNC(=O)NC45CC6CC(CC(C6)C4)C5)c3)c2)OC1c1ccc(CO)cc1. The van der Waals surface area contributed by atoms with Crippen LogP contribution in [0.3, 0.4) is 0 Å². The second kappa shape index (κ2) is 15.7. The van der Waals surface area contributed by atoms with Gasteiger partial charge in [0.05, 0.1) is 18.8 Å². The van der Waals surface area contributed by atoms with E-state index in [9.17, 15) is 9.90 Å². The predicted octanol–water partition coefficient (Wildman–Crippen LogP) is 7.97. The fourth-order valence-electron chi connectivity index (χ4n) is 11.6. The van der Waals surface area contributed by atoms with Crippen LogP contribution < -0.4 is 10.6 Å². The largest absolute Gasteiger partial charge is 0.392 e. The van der Waals surface area contributed by atoms with E-state index >= 15 is 0 Å². The minimum Gasteiger partial charge on any atom is -0.392 e. The number of nitrogens with one attached hydrogen (secondary N) is 2. The molecule has 3 aromatic carbocycles. The molecule has 0 aromatic heterocycles. The number of carbonyl (C=O) groups excluding carboxylic acids is 1. The molecular weight excluding hydrogens is 673 g/mol. The number of rotatable bonds is 11. The number of likely N-dealkylation sites (tertiary alicyclic amines) is 2.